The normalized spacial score (nSPS) is 13.1. The highest BCUT2D eigenvalue weighted by atomic mass is 31.2. The van der Waals surface area contributed by atoms with Crippen LogP contribution in [0.15, 0.2) is 24.3 Å². The molecule has 0 saturated carbocycles. The third kappa shape index (κ3) is 4.21. The molecule has 1 aromatic carbocycles. The minimum atomic E-state index is -4.56. The summed E-state index contributed by atoms with van der Waals surface area (Å²) in [6.45, 7) is 1.18. The first-order chi connectivity index (χ1) is 8.34. The van der Waals surface area contributed by atoms with Crippen molar-refractivity contribution in [3.63, 3.8) is 0 Å². The zero-order valence-corrected chi connectivity index (χ0v) is 10.5. The first kappa shape index (κ1) is 14.8. The SMILES string of the molecule is Cc1ccc(C(OCC(=O)NO)P(=O)(O)O)cc1. The van der Waals surface area contributed by atoms with Gasteiger partial charge in [-0.15, -0.1) is 0 Å². The summed E-state index contributed by atoms with van der Waals surface area (Å²) in [5, 5.41) is 8.28. The summed E-state index contributed by atoms with van der Waals surface area (Å²) >= 11 is 0. The first-order valence-corrected chi connectivity index (χ1v) is 6.69. The molecule has 0 aliphatic carbocycles. The Morgan fingerprint density at radius 3 is 2.39 bits per heavy atom. The van der Waals surface area contributed by atoms with Crippen LogP contribution in [0.25, 0.3) is 0 Å². The van der Waals surface area contributed by atoms with Gasteiger partial charge in [0.05, 0.1) is 0 Å². The highest BCUT2D eigenvalue weighted by molar-refractivity contribution is 7.52. The average molecular weight is 275 g/mol. The fourth-order valence-corrected chi connectivity index (χ4v) is 2.13. The van der Waals surface area contributed by atoms with E-state index >= 15 is 0 Å². The van der Waals surface area contributed by atoms with E-state index in [9.17, 15) is 19.1 Å². The number of hydroxylamine groups is 1. The van der Waals surface area contributed by atoms with Gasteiger partial charge in [0, 0.05) is 0 Å². The largest absolute Gasteiger partial charge is 0.358 e. The molecular weight excluding hydrogens is 261 g/mol. The number of nitrogens with one attached hydrogen (secondary N) is 1. The molecule has 1 aromatic rings. The molecule has 1 rings (SSSR count). The summed E-state index contributed by atoms with van der Waals surface area (Å²) < 4.78 is 16.1. The summed E-state index contributed by atoms with van der Waals surface area (Å²) in [5.74, 6) is -2.42. The Kier molecular flexibility index (Phi) is 5.01. The van der Waals surface area contributed by atoms with Crippen LogP contribution in [0.4, 0.5) is 0 Å². The minimum Gasteiger partial charge on any atom is -0.351 e. The lowest BCUT2D eigenvalue weighted by Crippen LogP contribution is -2.25. The van der Waals surface area contributed by atoms with Crippen LogP contribution in [0.5, 0.6) is 0 Å². The molecule has 0 bridgehead atoms. The molecule has 0 aliphatic heterocycles. The molecule has 0 radical (unpaired) electrons. The van der Waals surface area contributed by atoms with E-state index in [-0.39, 0.29) is 5.56 Å². The molecule has 0 heterocycles. The number of benzene rings is 1. The predicted molar refractivity (Wildman–Crippen MR) is 61.8 cm³/mol. The second-order valence-corrected chi connectivity index (χ2v) is 5.35. The number of carbonyl (C=O) groups is 1. The van der Waals surface area contributed by atoms with Gasteiger partial charge in [-0.1, -0.05) is 29.8 Å². The van der Waals surface area contributed by atoms with E-state index in [2.05, 4.69) is 0 Å². The van der Waals surface area contributed by atoms with Gasteiger partial charge in [0.15, 0.2) is 5.85 Å². The topological polar surface area (TPSA) is 116 Å². The van der Waals surface area contributed by atoms with Crippen molar-refractivity contribution in [2.45, 2.75) is 12.8 Å². The zero-order valence-electron chi connectivity index (χ0n) is 9.61. The van der Waals surface area contributed by atoms with E-state index in [1.165, 1.54) is 17.6 Å². The molecular formula is C10H14NO6P. The molecule has 0 fully saturated rings. The van der Waals surface area contributed by atoms with E-state index in [4.69, 9.17) is 9.94 Å². The van der Waals surface area contributed by atoms with Gasteiger partial charge in [-0.25, -0.2) is 5.48 Å². The lowest BCUT2D eigenvalue weighted by atomic mass is 10.2. The van der Waals surface area contributed by atoms with Gasteiger partial charge < -0.3 is 14.5 Å². The minimum absolute atomic E-state index is 0.264. The maximum absolute atomic E-state index is 11.3. The monoisotopic (exact) mass is 275 g/mol. The molecule has 4 N–H and O–H groups in total. The van der Waals surface area contributed by atoms with Gasteiger partial charge >= 0.3 is 7.60 Å². The van der Waals surface area contributed by atoms with Crippen molar-refractivity contribution in [2.75, 3.05) is 6.61 Å². The van der Waals surface area contributed by atoms with Crippen molar-refractivity contribution in [2.24, 2.45) is 0 Å². The van der Waals surface area contributed by atoms with Crippen LogP contribution in [0.3, 0.4) is 0 Å². The summed E-state index contributed by atoms with van der Waals surface area (Å²) in [6.07, 6.45) is 0. The van der Waals surface area contributed by atoms with E-state index < -0.39 is 26.0 Å². The molecule has 1 atom stereocenters. The van der Waals surface area contributed by atoms with Gasteiger partial charge in [0.1, 0.15) is 6.61 Å². The highest BCUT2D eigenvalue weighted by Gasteiger charge is 2.31. The van der Waals surface area contributed by atoms with Crippen LogP contribution in [-0.2, 0) is 14.1 Å². The highest BCUT2D eigenvalue weighted by Crippen LogP contribution is 2.52. The van der Waals surface area contributed by atoms with Crippen LogP contribution in [0.1, 0.15) is 17.0 Å². The molecule has 0 spiro atoms. The van der Waals surface area contributed by atoms with Crippen molar-refractivity contribution in [1.82, 2.24) is 5.48 Å². The van der Waals surface area contributed by atoms with Crippen LogP contribution in [0, 0.1) is 6.92 Å². The number of carbonyl (C=O) groups excluding carboxylic acids is 1. The summed E-state index contributed by atoms with van der Waals surface area (Å²) in [7, 11) is -4.56. The van der Waals surface area contributed by atoms with Gasteiger partial charge in [-0.2, -0.15) is 0 Å². The molecule has 100 valence electrons. The molecule has 18 heavy (non-hydrogen) atoms. The fraction of sp³-hybridized carbons (Fsp3) is 0.300. The average Bonchev–Trinajstić information content (AvgIpc) is 2.29. The molecule has 7 nitrogen and oxygen atoms in total. The maximum Gasteiger partial charge on any atom is 0.358 e. The quantitative estimate of drug-likeness (QED) is 0.357. The Balaban J connectivity index is 2.89. The number of rotatable bonds is 5. The van der Waals surface area contributed by atoms with Crippen molar-refractivity contribution in [1.29, 1.82) is 0 Å². The Morgan fingerprint density at radius 1 is 1.39 bits per heavy atom. The van der Waals surface area contributed by atoms with Gasteiger partial charge in [0.2, 0.25) is 0 Å². The number of hydrogen-bond acceptors (Lipinski definition) is 4. The van der Waals surface area contributed by atoms with E-state index in [0.29, 0.717) is 0 Å². The number of ether oxygens (including phenoxy) is 1. The fourth-order valence-electron chi connectivity index (χ4n) is 1.31. The first-order valence-electron chi connectivity index (χ1n) is 5.01. The Morgan fingerprint density at radius 2 is 1.94 bits per heavy atom. The number of amides is 1. The van der Waals surface area contributed by atoms with Crippen molar-refractivity contribution in [3.8, 4) is 0 Å². The van der Waals surface area contributed by atoms with Crippen LogP contribution in [-0.4, -0.2) is 27.5 Å². The molecule has 0 saturated heterocycles. The summed E-state index contributed by atoms with van der Waals surface area (Å²) in [6, 6.07) is 6.37. The standard InChI is InChI=1S/C10H14NO6P/c1-7-2-4-8(5-3-7)10(18(14,15)16)17-6-9(12)11-13/h2-5,10,13H,6H2,1H3,(H,11,12)(H2,14,15,16). The van der Waals surface area contributed by atoms with E-state index in [0.717, 1.165) is 5.56 Å². The predicted octanol–water partition coefficient (Wildman–Crippen LogP) is 0.693. The van der Waals surface area contributed by atoms with E-state index in [1.807, 2.05) is 6.92 Å². The maximum atomic E-state index is 11.3. The lowest BCUT2D eigenvalue weighted by molar-refractivity contribution is -0.134. The molecule has 0 aromatic heterocycles. The third-order valence-corrected chi connectivity index (χ3v) is 3.22. The van der Waals surface area contributed by atoms with Crippen LogP contribution >= 0.6 is 7.60 Å². The zero-order chi connectivity index (χ0) is 13.8. The van der Waals surface area contributed by atoms with E-state index in [1.54, 1.807) is 12.1 Å². The van der Waals surface area contributed by atoms with Crippen molar-refractivity contribution >= 4 is 13.5 Å². The summed E-state index contributed by atoms with van der Waals surface area (Å²) in [5.41, 5.74) is 2.51. The molecule has 1 amide bonds. The number of hydrogen-bond donors (Lipinski definition) is 4. The number of aryl methyl sites for hydroxylation is 1. The smallest absolute Gasteiger partial charge is 0.351 e. The van der Waals surface area contributed by atoms with Crippen molar-refractivity contribution < 1.29 is 29.1 Å². The van der Waals surface area contributed by atoms with Crippen LogP contribution < -0.4 is 5.48 Å². The van der Waals surface area contributed by atoms with Gasteiger partial charge in [-0.3, -0.25) is 14.6 Å². The Labute approximate surface area is 104 Å². The van der Waals surface area contributed by atoms with Crippen LogP contribution in [0.2, 0.25) is 0 Å². The molecule has 1 unspecified atom stereocenters. The Bertz CT molecular complexity index is 454. The Hall–Kier alpha value is -1.24. The third-order valence-electron chi connectivity index (χ3n) is 2.16. The lowest BCUT2D eigenvalue weighted by Gasteiger charge is -2.19. The van der Waals surface area contributed by atoms with Crippen molar-refractivity contribution in [3.05, 3.63) is 35.4 Å². The summed E-state index contributed by atoms with van der Waals surface area (Å²) in [4.78, 5) is 29.1. The second kappa shape index (κ2) is 6.08. The second-order valence-electron chi connectivity index (χ2n) is 3.70. The van der Waals surface area contributed by atoms with Gasteiger partial charge in [-0.05, 0) is 12.5 Å². The molecule has 8 heteroatoms. The molecule has 0 aliphatic rings. The van der Waals surface area contributed by atoms with Gasteiger partial charge in [0.25, 0.3) is 5.91 Å².